The van der Waals surface area contributed by atoms with Gasteiger partial charge in [-0.25, -0.2) is 4.68 Å². The van der Waals surface area contributed by atoms with Crippen LogP contribution in [-0.2, 0) is 5.54 Å². The van der Waals surface area contributed by atoms with E-state index < -0.39 is 5.54 Å². The molecule has 2 aromatic heterocycles. The summed E-state index contributed by atoms with van der Waals surface area (Å²) in [6, 6.07) is 3.78. The SMILES string of the molecule is N#CC1(n2cc(C(NC(=O)c3ccn[nH]3)C3CCCCC3)nn2)CC1. The number of hydrogen-bond donors (Lipinski definition) is 2. The summed E-state index contributed by atoms with van der Waals surface area (Å²) in [7, 11) is 0. The molecule has 130 valence electrons. The number of aromatic amines is 1. The number of aromatic nitrogens is 5. The number of rotatable bonds is 5. The highest BCUT2D eigenvalue weighted by Gasteiger charge is 2.47. The first kappa shape index (κ1) is 15.8. The molecule has 0 aromatic carbocycles. The topological polar surface area (TPSA) is 112 Å². The highest BCUT2D eigenvalue weighted by atomic mass is 16.2. The fourth-order valence-corrected chi connectivity index (χ4v) is 3.64. The molecule has 2 heterocycles. The van der Waals surface area contributed by atoms with Crippen LogP contribution in [0, 0.1) is 17.2 Å². The van der Waals surface area contributed by atoms with Crippen LogP contribution in [0.25, 0.3) is 0 Å². The van der Waals surface area contributed by atoms with Gasteiger partial charge in [-0.1, -0.05) is 24.5 Å². The van der Waals surface area contributed by atoms with Gasteiger partial charge in [-0.05, 0) is 37.7 Å². The Hall–Kier alpha value is -2.69. The smallest absolute Gasteiger partial charge is 0.269 e. The lowest BCUT2D eigenvalue weighted by molar-refractivity contribution is 0.0905. The van der Waals surface area contributed by atoms with E-state index in [0.29, 0.717) is 11.6 Å². The molecular formula is C17H21N7O. The van der Waals surface area contributed by atoms with Crippen molar-refractivity contribution >= 4 is 5.91 Å². The van der Waals surface area contributed by atoms with Gasteiger partial charge >= 0.3 is 0 Å². The van der Waals surface area contributed by atoms with E-state index in [4.69, 9.17) is 0 Å². The zero-order valence-electron chi connectivity index (χ0n) is 14.0. The maximum atomic E-state index is 12.5. The monoisotopic (exact) mass is 339 g/mol. The molecule has 25 heavy (non-hydrogen) atoms. The number of H-pyrrole nitrogens is 1. The van der Waals surface area contributed by atoms with Crippen molar-refractivity contribution in [2.24, 2.45) is 5.92 Å². The molecule has 0 saturated heterocycles. The lowest BCUT2D eigenvalue weighted by Gasteiger charge is -2.29. The number of nitriles is 1. The summed E-state index contributed by atoms with van der Waals surface area (Å²) in [5.41, 5.74) is 0.639. The largest absolute Gasteiger partial charge is 0.342 e. The molecule has 0 spiro atoms. The fraction of sp³-hybridized carbons (Fsp3) is 0.588. The third-order valence-electron chi connectivity index (χ3n) is 5.35. The van der Waals surface area contributed by atoms with E-state index in [2.05, 4.69) is 31.9 Å². The van der Waals surface area contributed by atoms with Crippen LogP contribution in [0.3, 0.4) is 0 Å². The lowest BCUT2D eigenvalue weighted by atomic mass is 9.82. The molecule has 8 nitrogen and oxygen atoms in total. The number of amides is 1. The molecule has 2 aliphatic rings. The van der Waals surface area contributed by atoms with E-state index in [-0.39, 0.29) is 11.9 Å². The number of carbonyl (C=O) groups excluding carboxylic acids is 1. The number of nitrogens with one attached hydrogen (secondary N) is 2. The third-order valence-corrected chi connectivity index (χ3v) is 5.35. The van der Waals surface area contributed by atoms with Crippen LogP contribution in [0.4, 0.5) is 0 Å². The first-order chi connectivity index (χ1) is 12.2. The van der Waals surface area contributed by atoms with E-state index in [0.717, 1.165) is 44.2 Å². The van der Waals surface area contributed by atoms with Gasteiger partial charge in [-0.15, -0.1) is 5.10 Å². The van der Waals surface area contributed by atoms with Crippen LogP contribution < -0.4 is 5.32 Å². The standard InChI is InChI=1S/C17H21N7O/c18-11-17(7-8-17)24-10-14(22-23-24)15(12-4-2-1-3-5-12)20-16(25)13-6-9-19-21-13/h6,9-10,12,15H,1-5,7-8H2,(H,19,21)(H,20,25). The molecule has 4 rings (SSSR count). The first-order valence-electron chi connectivity index (χ1n) is 8.86. The van der Waals surface area contributed by atoms with Gasteiger partial charge < -0.3 is 5.32 Å². The van der Waals surface area contributed by atoms with Crippen molar-refractivity contribution in [3.8, 4) is 6.07 Å². The van der Waals surface area contributed by atoms with E-state index >= 15 is 0 Å². The van der Waals surface area contributed by atoms with Crippen LogP contribution in [-0.4, -0.2) is 31.1 Å². The highest BCUT2D eigenvalue weighted by Crippen LogP contribution is 2.42. The lowest BCUT2D eigenvalue weighted by Crippen LogP contribution is -2.35. The molecule has 2 aromatic rings. The molecule has 1 amide bonds. The van der Waals surface area contributed by atoms with Crippen LogP contribution in [0.2, 0.25) is 0 Å². The number of hydrogen-bond acceptors (Lipinski definition) is 5. The molecule has 2 aliphatic carbocycles. The summed E-state index contributed by atoms with van der Waals surface area (Å²) >= 11 is 0. The minimum absolute atomic E-state index is 0.191. The second kappa shape index (κ2) is 6.31. The van der Waals surface area contributed by atoms with Crippen molar-refractivity contribution in [3.05, 3.63) is 29.8 Å². The first-order valence-corrected chi connectivity index (χ1v) is 8.86. The summed E-state index contributed by atoms with van der Waals surface area (Å²) in [5, 5.41) is 27.5. The van der Waals surface area contributed by atoms with E-state index in [1.807, 2.05) is 6.20 Å². The Morgan fingerprint density at radius 3 is 2.84 bits per heavy atom. The molecule has 1 atom stereocenters. The molecule has 2 fully saturated rings. The normalized spacial score (nSPS) is 20.6. The van der Waals surface area contributed by atoms with Gasteiger partial charge in [0.15, 0.2) is 5.54 Å². The third kappa shape index (κ3) is 3.02. The molecule has 0 radical (unpaired) electrons. The van der Waals surface area contributed by atoms with Crippen molar-refractivity contribution in [1.82, 2.24) is 30.5 Å². The van der Waals surface area contributed by atoms with E-state index in [1.54, 1.807) is 16.9 Å². The Balaban J connectivity index is 1.59. The summed E-state index contributed by atoms with van der Waals surface area (Å²) in [6.45, 7) is 0. The summed E-state index contributed by atoms with van der Waals surface area (Å²) in [6.07, 6.45) is 10.7. The van der Waals surface area contributed by atoms with Gasteiger partial charge in [0.2, 0.25) is 0 Å². The quantitative estimate of drug-likeness (QED) is 0.866. The minimum Gasteiger partial charge on any atom is -0.342 e. The van der Waals surface area contributed by atoms with Gasteiger partial charge in [-0.2, -0.15) is 10.4 Å². The van der Waals surface area contributed by atoms with Crippen molar-refractivity contribution in [2.45, 2.75) is 56.5 Å². The zero-order chi connectivity index (χ0) is 17.3. The molecule has 1 unspecified atom stereocenters. The van der Waals surface area contributed by atoms with Crippen molar-refractivity contribution < 1.29 is 4.79 Å². The number of carbonyl (C=O) groups is 1. The molecular weight excluding hydrogens is 318 g/mol. The van der Waals surface area contributed by atoms with Crippen LogP contribution in [0.1, 0.15) is 67.2 Å². The Morgan fingerprint density at radius 1 is 1.40 bits per heavy atom. The van der Waals surface area contributed by atoms with E-state index in [1.165, 1.54) is 6.42 Å². The molecule has 0 bridgehead atoms. The zero-order valence-corrected chi connectivity index (χ0v) is 14.0. The predicted molar refractivity (Wildman–Crippen MR) is 88.2 cm³/mol. The van der Waals surface area contributed by atoms with Gasteiger partial charge in [-0.3, -0.25) is 9.89 Å². The van der Waals surface area contributed by atoms with Crippen molar-refractivity contribution in [2.75, 3.05) is 0 Å². The molecule has 2 N–H and O–H groups in total. The van der Waals surface area contributed by atoms with E-state index in [9.17, 15) is 10.1 Å². The molecule has 0 aliphatic heterocycles. The molecule has 2 saturated carbocycles. The average Bonchev–Trinajstić information content (AvgIpc) is 3.05. The minimum atomic E-state index is -0.532. The van der Waals surface area contributed by atoms with Crippen molar-refractivity contribution in [3.63, 3.8) is 0 Å². The van der Waals surface area contributed by atoms with Crippen LogP contribution in [0.5, 0.6) is 0 Å². The van der Waals surface area contributed by atoms with Crippen molar-refractivity contribution in [1.29, 1.82) is 5.26 Å². The van der Waals surface area contributed by atoms with Crippen LogP contribution in [0.15, 0.2) is 18.5 Å². The predicted octanol–water partition coefficient (Wildman–Crippen LogP) is 2.07. The maximum absolute atomic E-state index is 12.5. The Bertz CT molecular complexity index is 778. The Labute approximate surface area is 145 Å². The molecule has 8 heteroatoms. The fourth-order valence-electron chi connectivity index (χ4n) is 3.64. The van der Waals surface area contributed by atoms with Gasteiger partial charge in [0.1, 0.15) is 11.4 Å². The van der Waals surface area contributed by atoms with Crippen LogP contribution >= 0.6 is 0 Å². The second-order valence-corrected chi connectivity index (χ2v) is 7.05. The number of nitrogens with zero attached hydrogens (tertiary/aromatic N) is 5. The maximum Gasteiger partial charge on any atom is 0.269 e. The van der Waals surface area contributed by atoms with Gasteiger partial charge in [0.05, 0.1) is 18.3 Å². The second-order valence-electron chi connectivity index (χ2n) is 7.05. The summed E-state index contributed by atoms with van der Waals surface area (Å²) < 4.78 is 1.67. The summed E-state index contributed by atoms with van der Waals surface area (Å²) in [4.78, 5) is 12.5. The average molecular weight is 339 g/mol. The van der Waals surface area contributed by atoms with Gasteiger partial charge in [0, 0.05) is 6.20 Å². The highest BCUT2D eigenvalue weighted by molar-refractivity contribution is 5.92. The summed E-state index contributed by atoms with van der Waals surface area (Å²) in [5.74, 6) is 0.145. The Morgan fingerprint density at radius 2 is 2.20 bits per heavy atom. The Kier molecular flexibility index (Phi) is 3.99. The van der Waals surface area contributed by atoms with Gasteiger partial charge in [0.25, 0.3) is 5.91 Å².